The molecule has 16 aromatic carbocycles. The molecule has 0 heterocycles. The van der Waals surface area contributed by atoms with Gasteiger partial charge < -0.3 is 0 Å². The van der Waals surface area contributed by atoms with E-state index < -0.39 is 0 Å². The van der Waals surface area contributed by atoms with Gasteiger partial charge in [-0.25, -0.2) is 22.3 Å². The quantitative estimate of drug-likeness (QED) is 0.122. The van der Waals surface area contributed by atoms with Crippen LogP contribution in [0.25, 0.3) is 142 Å². The van der Waals surface area contributed by atoms with Crippen molar-refractivity contribution in [3.63, 3.8) is 0 Å². The average Bonchev–Trinajstić information content (AvgIpc) is 1.39. The third-order valence-electron chi connectivity index (χ3n) is 18.1. The van der Waals surface area contributed by atoms with Gasteiger partial charge in [-0.3, -0.25) is 0 Å². The number of hydrogen-bond acceptors (Lipinski definition) is 0. The third-order valence-corrected chi connectivity index (χ3v) is 18.1. The van der Waals surface area contributed by atoms with Crippen molar-refractivity contribution in [1.29, 1.82) is 0 Å². The van der Waals surface area contributed by atoms with Crippen molar-refractivity contribution in [2.24, 2.45) is 0 Å². The van der Waals surface area contributed by atoms with Gasteiger partial charge in [-0.1, -0.05) is 313 Å². The van der Waals surface area contributed by atoms with E-state index >= 15 is 0 Å². The Balaban J connectivity index is 0.000000221. The summed E-state index contributed by atoms with van der Waals surface area (Å²) in [5, 5.41) is 18.1. The first-order chi connectivity index (χ1) is 50.2. The Hall–Kier alpha value is -7.35. The summed E-state index contributed by atoms with van der Waals surface area (Å²) >= 11 is 0. The molecule has 0 spiro atoms. The topological polar surface area (TPSA) is 0 Å². The molecular weight excluding hydrogens is 1480 g/mol. The maximum absolute atomic E-state index is 3.76. The van der Waals surface area contributed by atoms with Gasteiger partial charge in [0.05, 0.1) is 0 Å². The zero-order valence-electron chi connectivity index (χ0n) is 64.3. The predicted molar refractivity (Wildman–Crippen MR) is 447 cm³/mol. The molecule has 0 saturated carbocycles. The van der Waals surface area contributed by atoms with E-state index in [2.05, 4.69) is 267 Å². The fourth-order valence-corrected chi connectivity index (χ4v) is 14.5. The number of hydrogen-bond donors (Lipinski definition) is 0. The Bertz CT molecular complexity index is 5340. The largest absolute Gasteiger partial charge is 0.226 e. The van der Waals surface area contributed by atoms with Crippen LogP contribution in [-0.4, -0.2) is 0 Å². The monoisotopic (exact) mass is 1580 g/mol. The molecular formula is C101H98Y3-6. The number of benzene rings is 16. The molecule has 16 aromatic rings. The van der Waals surface area contributed by atoms with Gasteiger partial charge in [0.15, 0.2) is 0 Å². The summed E-state index contributed by atoms with van der Waals surface area (Å²) in [6.07, 6.45) is 2.96. The van der Waals surface area contributed by atoms with Crippen LogP contribution >= 0.6 is 0 Å². The minimum atomic E-state index is 0. The van der Waals surface area contributed by atoms with Gasteiger partial charge >= 0.3 is 0 Å². The number of rotatable bonds is 3. The van der Waals surface area contributed by atoms with Crippen molar-refractivity contribution in [2.45, 2.75) is 130 Å². The van der Waals surface area contributed by atoms with Crippen molar-refractivity contribution in [3.05, 3.63) is 337 Å². The molecule has 0 amide bonds. The van der Waals surface area contributed by atoms with E-state index in [1.54, 1.807) is 0 Å². The number of fused-ring (bicyclic) bond motifs is 25. The molecule has 0 unspecified atom stereocenters. The first-order valence-corrected chi connectivity index (χ1v) is 37.5. The zero-order chi connectivity index (χ0) is 72.0. The summed E-state index contributed by atoms with van der Waals surface area (Å²) in [6.45, 7) is 32.0. The molecule has 0 aliphatic heterocycles. The second-order valence-electron chi connectivity index (χ2n) is 22.6. The minimum absolute atomic E-state index is 0. The molecule has 0 nitrogen and oxygen atoms in total. The van der Waals surface area contributed by atoms with Gasteiger partial charge in [0, 0.05) is 98.1 Å². The SMILES string of the molecule is CC.CC.CC.CC.CC.CC.CC.CC.[Y].[Y].[Y].[c-]1ccccc1-c1[c-]c2ccccc2c2c3c(c4ccccc4c12)-c1ccccc1C3.[c-]1ccccc1-c1[c-]c2ccccc2c2c3c(ccc12)-c1ccccc1C3.[c-]1ccccc1-c1[c-]ccc2c3c(c4ccccc4c12)-c1ccccc1C3. The van der Waals surface area contributed by atoms with E-state index in [0.717, 1.165) is 58.0 Å². The van der Waals surface area contributed by atoms with Gasteiger partial charge in [-0.2, -0.15) is 108 Å². The zero-order valence-corrected chi connectivity index (χ0v) is 72.8. The standard InChI is InChI=1S/C31H18.2C27H16.8C2H6.3Y/c1-2-10-20(11-3-1)27-18-21-12-5-7-15-24(21)30-28-19-22-13-4-6-14-23(22)29(28)25-16-8-9-17-26(25)31(27)30;1-2-8-18(9-3-1)25-16-20-11-5-7-13-22(20)27-24(25)15-14-23-21-12-6-4-10-19(21)17-26(23)27;1-2-9-18(10-3-1)20-15-8-16-24-25-17-19-11-4-5-12-21(19)27(25)23-14-7-6-13-22(23)26(20)24;8*1-2;;;/h1-10,12-17H,19H2;1-8,10-15H,17H2;1-9,11-14,16H,17H2;8*1-2H3;;;/q3*-2;;;;;;;;;;;. The molecule has 104 heavy (non-hydrogen) atoms. The molecule has 3 radical (unpaired) electrons. The van der Waals surface area contributed by atoms with Crippen molar-refractivity contribution < 1.29 is 98.1 Å². The maximum atomic E-state index is 3.76. The summed E-state index contributed by atoms with van der Waals surface area (Å²) in [4.78, 5) is 0. The van der Waals surface area contributed by atoms with Gasteiger partial charge in [0.2, 0.25) is 0 Å². The molecule has 3 aliphatic carbocycles. The van der Waals surface area contributed by atoms with E-state index in [9.17, 15) is 0 Å². The average molecular weight is 1580 g/mol. The first kappa shape index (κ1) is 85.6. The van der Waals surface area contributed by atoms with Crippen LogP contribution in [0.5, 0.6) is 0 Å². The Morgan fingerprint density at radius 2 is 0.577 bits per heavy atom. The van der Waals surface area contributed by atoms with Gasteiger partial charge in [-0.15, -0.1) is 68.7 Å². The Labute approximate surface area is 699 Å². The fourth-order valence-electron chi connectivity index (χ4n) is 14.5. The van der Waals surface area contributed by atoms with Gasteiger partial charge in [0.25, 0.3) is 0 Å². The molecule has 0 N–H and O–H groups in total. The summed E-state index contributed by atoms with van der Waals surface area (Å²) < 4.78 is 0. The van der Waals surface area contributed by atoms with Crippen molar-refractivity contribution >= 4 is 75.4 Å². The molecule has 3 heteroatoms. The smallest absolute Gasteiger partial charge is 0 e. The van der Waals surface area contributed by atoms with E-state index in [1.165, 1.54) is 137 Å². The van der Waals surface area contributed by atoms with Crippen molar-refractivity contribution in [2.75, 3.05) is 0 Å². The summed E-state index contributed by atoms with van der Waals surface area (Å²) in [5.74, 6) is 0. The Morgan fingerprint density at radius 3 is 1.08 bits per heavy atom. The van der Waals surface area contributed by atoms with E-state index in [-0.39, 0.29) is 98.1 Å². The molecule has 0 saturated heterocycles. The van der Waals surface area contributed by atoms with Crippen LogP contribution in [0.1, 0.15) is 144 Å². The van der Waals surface area contributed by atoms with Crippen LogP contribution in [0.3, 0.4) is 0 Å². The van der Waals surface area contributed by atoms with Crippen LogP contribution in [0.15, 0.2) is 267 Å². The normalized spacial score (nSPS) is 10.5. The predicted octanol–water partition coefficient (Wildman–Crippen LogP) is 29.9. The van der Waals surface area contributed by atoms with Crippen molar-refractivity contribution in [3.8, 4) is 66.8 Å². The van der Waals surface area contributed by atoms with E-state index in [0.29, 0.717) is 0 Å². The minimum Gasteiger partial charge on any atom is -0.226 e. The second-order valence-corrected chi connectivity index (χ2v) is 22.6. The Morgan fingerprint density at radius 1 is 0.212 bits per heavy atom. The van der Waals surface area contributed by atoms with Crippen LogP contribution in [-0.2, 0) is 117 Å². The van der Waals surface area contributed by atoms with Crippen LogP contribution in [0, 0.1) is 36.4 Å². The van der Waals surface area contributed by atoms with E-state index in [4.69, 9.17) is 0 Å². The summed E-state index contributed by atoms with van der Waals surface area (Å²) in [7, 11) is 0. The molecule has 3 aliphatic rings. The fraction of sp³-hybridized carbons (Fsp3) is 0.188. The first-order valence-electron chi connectivity index (χ1n) is 37.5. The van der Waals surface area contributed by atoms with E-state index in [1.807, 2.05) is 147 Å². The molecule has 0 aromatic heterocycles. The summed E-state index contributed by atoms with van der Waals surface area (Å²) in [5.41, 5.74) is 23.6. The Kier molecular flexibility index (Phi) is 35.1. The summed E-state index contributed by atoms with van der Waals surface area (Å²) in [6, 6.07) is 116. The van der Waals surface area contributed by atoms with Crippen LogP contribution < -0.4 is 0 Å². The van der Waals surface area contributed by atoms with Crippen LogP contribution in [0.4, 0.5) is 0 Å². The third kappa shape index (κ3) is 17.1. The molecule has 19 rings (SSSR count). The molecule has 0 atom stereocenters. The second kappa shape index (κ2) is 42.7. The van der Waals surface area contributed by atoms with Gasteiger partial charge in [0.1, 0.15) is 0 Å². The van der Waals surface area contributed by atoms with Crippen LogP contribution in [0.2, 0.25) is 0 Å². The molecule has 0 bridgehead atoms. The van der Waals surface area contributed by atoms with Gasteiger partial charge in [-0.05, 0) is 96.8 Å². The molecule has 517 valence electrons. The maximum Gasteiger partial charge on any atom is 0 e. The van der Waals surface area contributed by atoms with Crippen molar-refractivity contribution in [1.82, 2.24) is 0 Å². The molecule has 0 fully saturated rings.